The van der Waals surface area contributed by atoms with Crippen LogP contribution in [0.5, 0.6) is 0 Å². The summed E-state index contributed by atoms with van der Waals surface area (Å²) in [5, 5.41) is 40.0. The van der Waals surface area contributed by atoms with E-state index in [1.165, 1.54) is 57.4 Å². The van der Waals surface area contributed by atoms with Gasteiger partial charge in [-0.1, -0.05) is 146 Å². The Labute approximate surface area is 273 Å². The average Bonchev–Trinajstić information content (AvgIpc) is 3.02. The first kappa shape index (κ1) is 42.7. The zero-order valence-corrected chi connectivity index (χ0v) is 28.2. The maximum absolute atomic E-state index is 11.9. The van der Waals surface area contributed by atoms with Gasteiger partial charge in [-0.25, -0.2) is 0 Å². The van der Waals surface area contributed by atoms with Gasteiger partial charge in [0.15, 0.2) is 0 Å². The van der Waals surface area contributed by atoms with Crippen molar-refractivity contribution >= 4 is 11.9 Å². The highest BCUT2D eigenvalue weighted by Gasteiger charge is 2.15. The summed E-state index contributed by atoms with van der Waals surface area (Å²) in [6.45, 7) is 3.87. The lowest BCUT2D eigenvalue weighted by atomic mass is 10.1. The van der Waals surface area contributed by atoms with Crippen molar-refractivity contribution in [3.63, 3.8) is 0 Å². The second-order valence-electron chi connectivity index (χ2n) is 11.9. The van der Waals surface area contributed by atoms with Gasteiger partial charge in [-0.3, -0.25) is 9.59 Å². The van der Waals surface area contributed by atoms with Crippen molar-refractivity contribution in [2.24, 2.45) is 0 Å². The molecule has 0 heterocycles. The molecule has 0 aromatic carbocycles. The van der Waals surface area contributed by atoms with Gasteiger partial charge in [0.1, 0.15) is 19.3 Å². The zero-order valence-electron chi connectivity index (χ0n) is 28.2. The van der Waals surface area contributed by atoms with Crippen LogP contribution in [0.3, 0.4) is 0 Å². The Morgan fingerprint density at radius 1 is 0.533 bits per heavy atom. The molecule has 0 aromatic heterocycles. The van der Waals surface area contributed by atoms with Gasteiger partial charge in [0.2, 0.25) is 0 Å². The van der Waals surface area contributed by atoms with E-state index in [0.717, 1.165) is 44.9 Å². The van der Waals surface area contributed by atoms with Gasteiger partial charge in [0.05, 0.1) is 18.3 Å². The molecule has 0 unspecified atom stereocenters. The highest BCUT2D eigenvalue weighted by atomic mass is 16.6. The fourth-order valence-electron chi connectivity index (χ4n) is 4.59. The summed E-state index contributed by atoms with van der Waals surface area (Å²) in [6.07, 6.45) is 28.3. The highest BCUT2D eigenvalue weighted by Crippen LogP contribution is 2.12. The van der Waals surface area contributed by atoms with E-state index in [1.807, 2.05) is 6.08 Å². The molecule has 0 aromatic rings. The normalized spacial score (nSPS) is 14.9. The van der Waals surface area contributed by atoms with Crippen LogP contribution in [0.15, 0.2) is 48.6 Å². The Morgan fingerprint density at radius 3 is 1.53 bits per heavy atom. The Balaban J connectivity index is 3.85. The minimum Gasteiger partial charge on any atom is -0.463 e. The highest BCUT2D eigenvalue weighted by molar-refractivity contribution is 5.69. The van der Waals surface area contributed by atoms with Crippen LogP contribution < -0.4 is 0 Å². The molecule has 0 saturated carbocycles. The summed E-state index contributed by atoms with van der Waals surface area (Å²) >= 11 is 0. The molecule has 0 aliphatic heterocycles. The van der Waals surface area contributed by atoms with Gasteiger partial charge in [0, 0.05) is 12.8 Å². The molecule has 0 radical (unpaired) electrons. The quantitative estimate of drug-likeness (QED) is 0.0370. The molecule has 0 aliphatic rings. The average molecular weight is 637 g/mol. The first-order valence-electron chi connectivity index (χ1n) is 17.5. The summed E-state index contributed by atoms with van der Waals surface area (Å²) in [5.74, 6) is -0.887. The molecule has 4 atom stereocenters. The maximum atomic E-state index is 11.9. The third-order valence-electron chi connectivity index (χ3n) is 7.43. The van der Waals surface area contributed by atoms with Crippen LogP contribution >= 0.6 is 0 Å². The van der Waals surface area contributed by atoms with E-state index in [2.05, 4.69) is 13.8 Å². The second kappa shape index (κ2) is 31.7. The smallest absolute Gasteiger partial charge is 0.305 e. The van der Waals surface area contributed by atoms with Crippen LogP contribution in [0.1, 0.15) is 136 Å². The van der Waals surface area contributed by atoms with Crippen molar-refractivity contribution < 1.29 is 39.5 Å². The lowest BCUT2D eigenvalue weighted by Gasteiger charge is -2.14. The summed E-state index contributed by atoms with van der Waals surface area (Å²) in [4.78, 5) is 23.8. The number of carbonyl (C=O) groups excluding carboxylic acids is 2. The van der Waals surface area contributed by atoms with Crippen molar-refractivity contribution in [2.45, 2.75) is 160 Å². The van der Waals surface area contributed by atoms with Crippen molar-refractivity contribution in [3.05, 3.63) is 48.6 Å². The van der Waals surface area contributed by atoms with Gasteiger partial charge in [0.25, 0.3) is 0 Å². The Morgan fingerprint density at radius 2 is 0.978 bits per heavy atom. The van der Waals surface area contributed by atoms with Crippen LogP contribution in [0.25, 0.3) is 0 Å². The number of hydrogen-bond donors (Lipinski definition) is 4. The third-order valence-corrected chi connectivity index (χ3v) is 7.43. The molecule has 0 amide bonds. The monoisotopic (exact) mass is 636 g/mol. The zero-order chi connectivity index (χ0) is 33.4. The molecule has 0 aliphatic carbocycles. The lowest BCUT2D eigenvalue weighted by molar-refractivity contribution is -0.152. The molecule has 0 spiro atoms. The predicted molar refractivity (Wildman–Crippen MR) is 182 cm³/mol. The summed E-state index contributed by atoms with van der Waals surface area (Å²) < 4.78 is 10.1. The molecule has 45 heavy (non-hydrogen) atoms. The number of ether oxygens (including phenoxy) is 2. The summed E-state index contributed by atoms with van der Waals surface area (Å²) in [7, 11) is 0. The van der Waals surface area contributed by atoms with E-state index >= 15 is 0 Å². The van der Waals surface area contributed by atoms with Crippen LogP contribution in [0.2, 0.25) is 0 Å². The molecule has 0 saturated heterocycles. The van der Waals surface area contributed by atoms with Gasteiger partial charge >= 0.3 is 11.9 Å². The van der Waals surface area contributed by atoms with E-state index in [9.17, 15) is 30.0 Å². The molecule has 0 rings (SSSR count). The fraction of sp³-hybridized carbons (Fsp3) is 0.730. The van der Waals surface area contributed by atoms with E-state index in [4.69, 9.17) is 9.47 Å². The van der Waals surface area contributed by atoms with E-state index in [-0.39, 0.29) is 32.0 Å². The number of aliphatic hydroxyl groups is 4. The molecule has 0 bridgehead atoms. The molecule has 4 N–H and O–H groups in total. The molecule has 8 heteroatoms. The van der Waals surface area contributed by atoms with Crippen LogP contribution in [-0.4, -0.2) is 70.0 Å². The first-order chi connectivity index (χ1) is 21.8. The molecular formula is C37H64O8. The fourth-order valence-corrected chi connectivity index (χ4v) is 4.59. The van der Waals surface area contributed by atoms with Crippen molar-refractivity contribution in [3.8, 4) is 0 Å². The first-order valence-corrected chi connectivity index (χ1v) is 17.5. The lowest BCUT2D eigenvalue weighted by Crippen LogP contribution is -2.26. The molecule has 260 valence electrons. The topological polar surface area (TPSA) is 134 Å². The van der Waals surface area contributed by atoms with Crippen LogP contribution in [-0.2, 0) is 19.1 Å². The van der Waals surface area contributed by atoms with Crippen LogP contribution in [0.4, 0.5) is 0 Å². The SMILES string of the molecule is CCCCCCCCCCCCCC(=O)OC[C@H](O)COC(=O)CCC[C@@H](O)[C@H](O)/C=C/C=C/C=C\C=C\[C@H](O)CCCCC. The van der Waals surface area contributed by atoms with E-state index in [1.54, 1.807) is 36.5 Å². The van der Waals surface area contributed by atoms with E-state index < -0.39 is 30.4 Å². The minimum absolute atomic E-state index is 0.0321. The van der Waals surface area contributed by atoms with Gasteiger partial charge in [-0.2, -0.15) is 0 Å². The number of rotatable bonds is 30. The number of carbonyl (C=O) groups is 2. The second-order valence-corrected chi connectivity index (χ2v) is 11.9. The predicted octanol–water partition coefficient (Wildman–Crippen LogP) is 7.19. The van der Waals surface area contributed by atoms with Crippen molar-refractivity contribution in [1.82, 2.24) is 0 Å². The van der Waals surface area contributed by atoms with Crippen molar-refractivity contribution in [2.75, 3.05) is 13.2 Å². The maximum Gasteiger partial charge on any atom is 0.305 e. The number of unbranched alkanes of at least 4 members (excludes halogenated alkanes) is 12. The number of allylic oxidation sites excluding steroid dienone is 6. The third kappa shape index (κ3) is 30.2. The summed E-state index contributed by atoms with van der Waals surface area (Å²) in [5.41, 5.74) is 0. The van der Waals surface area contributed by atoms with Crippen LogP contribution in [0, 0.1) is 0 Å². The largest absolute Gasteiger partial charge is 0.463 e. The Bertz CT molecular complexity index is 819. The minimum atomic E-state index is -1.09. The number of hydrogen-bond acceptors (Lipinski definition) is 8. The summed E-state index contributed by atoms with van der Waals surface area (Å²) in [6, 6.07) is 0. The molecule has 0 fully saturated rings. The van der Waals surface area contributed by atoms with Crippen molar-refractivity contribution in [1.29, 1.82) is 0 Å². The van der Waals surface area contributed by atoms with Gasteiger partial charge < -0.3 is 29.9 Å². The molecule has 8 nitrogen and oxygen atoms in total. The Kier molecular flexibility index (Phi) is 30.1. The Hall–Kier alpha value is -2.26. The van der Waals surface area contributed by atoms with E-state index in [0.29, 0.717) is 12.8 Å². The number of aliphatic hydroxyl groups excluding tert-OH is 4. The van der Waals surface area contributed by atoms with Gasteiger partial charge in [-0.05, 0) is 25.7 Å². The standard InChI is InChI=1S/C37H64O8/c1-3-5-7-8-9-10-11-12-13-18-22-28-36(42)44-30-33(39)31-45-37(43)29-23-27-35(41)34(40)26-21-17-15-14-16-20-25-32(38)24-19-6-4-2/h14-17,20-21,25-26,32-35,38-41H,3-13,18-19,22-24,27-31H2,1-2H3/b16-14-,17-15+,25-20+,26-21+/t32-,33+,34-,35-/m1/s1. The van der Waals surface area contributed by atoms with Gasteiger partial charge in [-0.15, -0.1) is 0 Å². The number of esters is 2. The molecular weight excluding hydrogens is 572 g/mol.